The van der Waals surface area contributed by atoms with Gasteiger partial charge in [-0.2, -0.15) is 10.4 Å². The van der Waals surface area contributed by atoms with Crippen molar-refractivity contribution in [2.75, 3.05) is 18.0 Å². The molecule has 10 heteroatoms. The monoisotopic (exact) mass is 545 g/mol. The number of piperidine rings is 1. The number of fused-ring (bicyclic) bond motifs is 1. The Hall–Kier alpha value is -4.26. The first kappa shape index (κ1) is 24.8. The Bertz CT molecular complexity index is 1700. The maximum atomic E-state index is 13.1. The highest BCUT2D eigenvalue weighted by atomic mass is 19.4. The van der Waals surface area contributed by atoms with Crippen LogP contribution in [0.15, 0.2) is 53.1 Å². The number of rotatable bonds is 5. The highest BCUT2D eigenvalue weighted by molar-refractivity contribution is 5.88. The molecule has 1 spiro atoms. The quantitative estimate of drug-likeness (QED) is 0.270. The van der Waals surface area contributed by atoms with Crippen LogP contribution in [0.2, 0.25) is 0 Å². The Morgan fingerprint density at radius 3 is 2.58 bits per heavy atom. The van der Waals surface area contributed by atoms with E-state index in [2.05, 4.69) is 38.1 Å². The zero-order chi connectivity index (χ0) is 27.6. The molecule has 40 heavy (non-hydrogen) atoms. The second-order valence-electron chi connectivity index (χ2n) is 11.1. The van der Waals surface area contributed by atoms with Crippen molar-refractivity contribution >= 4 is 22.2 Å². The number of nitrogens with zero attached hydrogens (tertiary/aromatic N) is 5. The summed E-state index contributed by atoms with van der Waals surface area (Å²) in [4.78, 5) is 2.34. The van der Waals surface area contributed by atoms with Crippen molar-refractivity contribution in [2.45, 2.75) is 44.4 Å². The van der Waals surface area contributed by atoms with Crippen LogP contribution >= 0.6 is 0 Å². The summed E-state index contributed by atoms with van der Waals surface area (Å²) in [5.41, 5.74) is 5.09. The summed E-state index contributed by atoms with van der Waals surface area (Å²) in [7, 11) is 1.84. The fourth-order valence-electron chi connectivity index (χ4n) is 6.24. The number of hydrogen-bond acceptors (Lipinski definition) is 6. The van der Waals surface area contributed by atoms with Gasteiger partial charge in [0.2, 0.25) is 0 Å². The van der Waals surface area contributed by atoms with E-state index in [4.69, 9.17) is 4.52 Å². The molecule has 0 atom stereocenters. The lowest BCUT2D eigenvalue weighted by Gasteiger charge is -2.47. The first-order valence-corrected chi connectivity index (χ1v) is 13.4. The van der Waals surface area contributed by atoms with Crippen LogP contribution in [0.25, 0.3) is 27.7 Å². The topological polar surface area (TPSA) is 80.1 Å². The molecule has 2 aromatic carbocycles. The third kappa shape index (κ3) is 4.21. The number of anilines is 1. The molecule has 0 radical (unpaired) electrons. The molecular formula is C30H26F3N5O2. The lowest BCUT2D eigenvalue weighted by atomic mass is 9.63. The zero-order valence-electron chi connectivity index (χ0n) is 21.8. The van der Waals surface area contributed by atoms with Gasteiger partial charge in [0.15, 0.2) is 5.69 Å². The first-order chi connectivity index (χ1) is 19.2. The molecule has 0 N–H and O–H groups in total. The molecule has 0 bridgehead atoms. The molecule has 7 nitrogen and oxygen atoms in total. The van der Waals surface area contributed by atoms with Gasteiger partial charge in [0, 0.05) is 48.3 Å². The van der Waals surface area contributed by atoms with Crippen LogP contribution in [0.1, 0.15) is 55.0 Å². The predicted molar refractivity (Wildman–Crippen MR) is 142 cm³/mol. The minimum Gasteiger partial charge on any atom is -0.405 e. The largest absolute Gasteiger partial charge is 0.573 e. The van der Waals surface area contributed by atoms with Crippen molar-refractivity contribution in [1.29, 1.82) is 5.26 Å². The summed E-state index contributed by atoms with van der Waals surface area (Å²) in [6, 6.07) is 14.4. The molecule has 1 aliphatic heterocycles. The molecule has 2 fully saturated rings. The summed E-state index contributed by atoms with van der Waals surface area (Å²) in [6.07, 6.45) is 2.22. The molecule has 3 aliphatic rings. The summed E-state index contributed by atoms with van der Waals surface area (Å²) >= 11 is 0. The average Bonchev–Trinajstić information content (AvgIpc) is 3.59. The minimum absolute atomic E-state index is 0.0411. The normalized spacial score (nSPS) is 18.5. The van der Waals surface area contributed by atoms with Gasteiger partial charge in [0.25, 0.3) is 0 Å². The molecule has 204 valence electrons. The fraction of sp³-hybridized carbons (Fsp3) is 0.367. The lowest BCUT2D eigenvalue weighted by molar-refractivity contribution is -0.274. The van der Waals surface area contributed by atoms with Gasteiger partial charge in [0.05, 0.1) is 5.52 Å². The highest BCUT2D eigenvalue weighted by Crippen LogP contribution is 2.56. The third-order valence-electron chi connectivity index (χ3n) is 8.44. The van der Waals surface area contributed by atoms with Crippen LogP contribution in [0.4, 0.5) is 18.9 Å². The Balaban J connectivity index is 1.15. The van der Waals surface area contributed by atoms with Gasteiger partial charge in [-0.05, 0) is 73.4 Å². The number of allylic oxidation sites excluding steroid dienone is 2. The Morgan fingerprint density at radius 2 is 1.88 bits per heavy atom. The van der Waals surface area contributed by atoms with E-state index in [0.29, 0.717) is 11.4 Å². The number of ether oxygens (including phenoxy) is 1. The van der Waals surface area contributed by atoms with Crippen LogP contribution in [0, 0.1) is 16.7 Å². The maximum Gasteiger partial charge on any atom is 0.573 e. The number of aryl methyl sites for hydroxylation is 1. The van der Waals surface area contributed by atoms with Crippen LogP contribution in [0.5, 0.6) is 5.75 Å². The van der Waals surface area contributed by atoms with Gasteiger partial charge in [0.1, 0.15) is 23.3 Å². The summed E-state index contributed by atoms with van der Waals surface area (Å²) in [5, 5.41) is 18.9. The number of para-hydroxylation sites is 1. The number of nitriles is 1. The number of halogens is 3. The molecule has 3 heterocycles. The second kappa shape index (κ2) is 8.88. The fourth-order valence-corrected chi connectivity index (χ4v) is 6.24. The Labute approximate surface area is 228 Å². The summed E-state index contributed by atoms with van der Waals surface area (Å²) in [6.45, 7) is 1.73. The molecule has 4 aromatic rings. The van der Waals surface area contributed by atoms with Gasteiger partial charge >= 0.3 is 6.36 Å². The molecule has 2 aromatic heterocycles. The van der Waals surface area contributed by atoms with E-state index in [1.807, 2.05) is 19.2 Å². The number of benzene rings is 2. The van der Waals surface area contributed by atoms with Crippen LogP contribution in [-0.2, 0) is 7.05 Å². The van der Waals surface area contributed by atoms with E-state index in [0.717, 1.165) is 78.7 Å². The van der Waals surface area contributed by atoms with Gasteiger partial charge in [-0.1, -0.05) is 23.4 Å². The second-order valence-corrected chi connectivity index (χ2v) is 11.1. The van der Waals surface area contributed by atoms with E-state index >= 15 is 0 Å². The van der Waals surface area contributed by atoms with Crippen molar-refractivity contribution in [3.05, 3.63) is 65.6 Å². The number of aromatic nitrogens is 3. The van der Waals surface area contributed by atoms with Gasteiger partial charge in [-0.3, -0.25) is 4.68 Å². The molecular weight excluding hydrogens is 519 g/mol. The molecule has 0 amide bonds. The highest BCUT2D eigenvalue weighted by Gasteiger charge is 2.44. The van der Waals surface area contributed by atoms with Crippen LogP contribution < -0.4 is 9.64 Å². The standard InChI is InChI=1S/C30H26F3N5O2/c1-37-24-9-8-20(14-22(24)23(17-34)35-37)38-12-10-29(11-13-38)15-19(16-29)26-27(36-40-28(26)18-6-7-18)21-4-2-3-5-25(21)39-30(31,32)33/h2-5,8-9,14-15,18H,6-7,10-13,16H2,1H3. The van der Waals surface area contributed by atoms with Crippen molar-refractivity contribution in [3.8, 4) is 23.1 Å². The summed E-state index contributed by atoms with van der Waals surface area (Å²) in [5.74, 6) is 0.750. The number of hydrogen-bond donors (Lipinski definition) is 0. The first-order valence-electron chi connectivity index (χ1n) is 13.4. The van der Waals surface area contributed by atoms with Crippen LogP contribution in [-0.4, -0.2) is 34.4 Å². The predicted octanol–water partition coefficient (Wildman–Crippen LogP) is 6.95. The number of alkyl halides is 3. The van der Waals surface area contributed by atoms with Gasteiger partial charge < -0.3 is 14.2 Å². The minimum atomic E-state index is -4.80. The lowest BCUT2D eigenvalue weighted by Crippen LogP contribution is -2.42. The Morgan fingerprint density at radius 1 is 1.12 bits per heavy atom. The van der Waals surface area contributed by atoms with E-state index < -0.39 is 6.36 Å². The van der Waals surface area contributed by atoms with E-state index in [9.17, 15) is 18.4 Å². The average molecular weight is 546 g/mol. The SMILES string of the molecule is Cn1nc(C#N)c2cc(N3CCC4(C=C(c5c(-c6ccccc6OC(F)(F)F)noc5C5CC5)C4)CC3)ccc21. The molecule has 2 aliphatic carbocycles. The van der Waals surface area contributed by atoms with E-state index in [1.165, 1.54) is 12.1 Å². The molecule has 1 saturated heterocycles. The molecule has 0 unspecified atom stereocenters. The van der Waals surface area contributed by atoms with Crippen LogP contribution in [0.3, 0.4) is 0 Å². The summed E-state index contributed by atoms with van der Waals surface area (Å²) < 4.78 is 51.2. The Kier molecular flexibility index (Phi) is 5.50. The smallest absolute Gasteiger partial charge is 0.405 e. The van der Waals surface area contributed by atoms with Gasteiger partial charge in [-0.25, -0.2) is 0 Å². The van der Waals surface area contributed by atoms with E-state index in [-0.39, 0.29) is 22.6 Å². The van der Waals surface area contributed by atoms with Gasteiger partial charge in [-0.15, -0.1) is 13.2 Å². The van der Waals surface area contributed by atoms with Crippen molar-refractivity contribution in [2.24, 2.45) is 12.5 Å². The van der Waals surface area contributed by atoms with Crippen molar-refractivity contribution in [3.63, 3.8) is 0 Å². The third-order valence-corrected chi connectivity index (χ3v) is 8.44. The maximum absolute atomic E-state index is 13.1. The molecule has 1 saturated carbocycles. The molecule has 7 rings (SSSR count). The zero-order valence-corrected chi connectivity index (χ0v) is 21.8. The van der Waals surface area contributed by atoms with Crippen molar-refractivity contribution in [1.82, 2.24) is 14.9 Å². The van der Waals surface area contributed by atoms with Crippen molar-refractivity contribution < 1.29 is 22.4 Å². The van der Waals surface area contributed by atoms with E-state index in [1.54, 1.807) is 16.8 Å².